The maximum Gasteiger partial charge on any atom is 0.261 e. The summed E-state index contributed by atoms with van der Waals surface area (Å²) < 4.78 is 86.8. The molecule has 6 nitrogen and oxygen atoms in total. The smallest absolute Gasteiger partial charge is 0.261 e. The van der Waals surface area contributed by atoms with Gasteiger partial charge in [0.15, 0.2) is 29.6 Å². The molecule has 4 aromatic carbocycles. The van der Waals surface area contributed by atoms with Crippen molar-refractivity contribution in [1.29, 1.82) is 0 Å². The second-order valence-corrected chi connectivity index (χ2v) is 10.9. The van der Waals surface area contributed by atoms with E-state index in [9.17, 15) is 31.9 Å². The molecule has 0 saturated carbocycles. The molecule has 5 rings (SSSR count). The summed E-state index contributed by atoms with van der Waals surface area (Å²) in [6.45, 7) is -0.0943. The monoisotopic (exact) mass is 631 g/mol. The number of amides is 1. The summed E-state index contributed by atoms with van der Waals surface area (Å²) in [5.41, 5.74) is 0.648. The van der Waals surface area contributed by atoms with Crippen molar-refractivity contribution in [2.24, 2.45) is 0 Å². The molecule has 0 spiro atoms. The molecule has 4 aromatic rings. The summed E-state index contributed by atoms with van der Waals surface area (Å²) in [4.78, 5) is 13.4. The van der Waals surface area contributed by atoms with Gasteiger partial charge in [-0.2, -0.15) is 0 Å². The maximum absolute atomic E-state index is 14.1. The number of nitrogens with one attached hydrogen (secondary N) is 1. The summed E-state index contributed by atoms with van der Waals surface area (Å²) >= 11 is 1.57. The van der Waals surface area contributed by atoms with E-state index < -0.39 is 46.8 Å². The third-order valence-electron chi connectivity index (χ3n) is 6.99. The first-order valence-corrected chi connectivity index (χ1v) is 14.4. The Bertz CT molecular complexity index is 1610. The molecule has 0 radical (unpaired) electrons. The quantitative estimate of drug-likeness (QED) is 0.0864. The molecule has 1 aliphatic rings. The number of benzene rings is 4. The zero-order valence-corrected chi connectivity index (χ0v) is 24.0. The van der Waals surface area contributed by atoms with E-state index in [1.54, 1.807) is 31.0 Å². The highest BCUT2D eigenvalue weighted by Gasteiger charge is 2.33. The summed E-state index contributed by atoms with van der Waals surface area (Å²) in [6.07, 6.45) is -0.930. The minimum Gasteiger partial charge on any atom is -0.496 e. The first-order chi connectivity index (χ1) is 21.2. The lowest BCUT2D eigenvalue weighted by Gasteiger charge is -2.36. The number of methoxy groups -OCH3 is 1. The van der Waals surface area contributed by atoms with Crippen LogP contribution in [0.1, 0.15) is 45.9 Å². The number of rotatable bonds is 9. The van der Waals surface area contributed by atoms with Gasteiger partial charge >= 0.3 is 0 Å². The minimum atomic E-state index is -2.35. The van der Waals surface area contributed by atoms with Crippen LogP contribution in [0.4, 0.5) is 27.6 Å². The Morgan fingerprint density at radius 3 is 2.11 bits per heavy atom. The SMILES string of the molecule is COc1ccccc1SC[C@H]1C[C@@H](c2ccc(CO)cc2)O[C@@H](c2ccc(NC(=O)c3c(F)c(F)c(F)c(F)c3F)cc2)O1. The molecule has 1 fully saturated rings. The standard InChI is InChI=1S/C32H26F5NO5S/c1-41-22-4-2-3-5-24(22)44-16-21-14-23(18-8-6-17(15-39)7-9-18)43-32(42-21)19-10-12-20(13-11-19)38-31(40)25-26(33)28(35)30(37)29(36)27(25)34/h2-13,21,23,32,39H,14-16H2,1H3,(H,38,40)/t21-,23+,32+/m1/s1. The van der Waals surface area contributed by atoms with Crippen LogP contribution < -0.4 is 10.1 Å². The van der Waals surface area contributed by atoms with Crippen LogP contribution in [-0.4, -0.2) is 30.0 Å². The Labute approximate surface area is 253 Å². The number of para-hydroxylation sites is 1. The third-order valence-corrected chi connectivity index (χ3v) is 8.17. The zero-order chi connectivity index (χ0) is 31.4. The number of carbonyl (C=O) groups excluding carboxylic acids is 1. The molecule has 1 saturated heterocycles. The van der Waals surface area contributed by atoms with Gasteiger partial charge in [0, 0.05) is 28.3 Å². The molecule has 0 aromatic heterocycles. The van der Waals surface area contributed by atoms with Gasteiger partial charge in [-0.25, -0.2) is 22.0 Å². The Kier molecular flexibility index (Phi) is 9.84. The average Bonchev–Trinajstić information content (AvgIpc) is 3.06. The number of hydrogen-bond donors (Lipinski definition) is 2. The van der Waals surface area contributed by atoms with E-state index in [1.807, 2.05) is 48.5 Å². The summed E-state index contributed by atoms with van der Waals surface area (Å²) in [6, 6.07) is 20.9. The van der Waals surface area contributed by atoms with Gasteiger partial charge < -0.3 is 24.6 Å². The Balaban J connectivity index is 1.34. The highest BCUT2D eigenvalue weighted by Crippen LogP contribution is 2.40. The van der Waals surface area contributed by atoms with E-state index >= 15 is 0 Å². The zero-order valence-electron chi connectivity index (χ0n) is 23.2. The van der Waals surface area contributed by atoms with E-state index in [2.05, 4.69) is 5.32 Å². The van der Waals surface area contributed by atoms with Crippen LogP contribution in [0.3, 0.4) is 0 Å². The average molecular weight is 632 g/mol. The van der Waals surface area contributed by atoms with Gasteiger partial charge in [0.1, 0.15) is 11.3 Å². The second kappa shape index (κ2) is 13.8. The number of aliphatic hydroxyl groups is 1. The van der Waals surface area contributed by atoms with Crippen LogP contribution in [0.2, 0.25) is 0 Å². The van der Waals surface area contributed by atoms with Crippen LogP contribution in [0.25, 0.3) is 0 Å². The van der Waals surface area contributed by atoms with Crippen LogP contribution >= 0.6 is 11.8 Å². The highest BCUT2D eigenvalue weighted by atomic mass is 32.2. The fraction of sp³-hybridized carbons (Fsp3) is 0.219. The molecule has 230 valence electrons. The summed E-state index contributed by atoms with van der Waals surface area (Å²) in [5, 5.41) is 11.6. The van der Waals surface area contributed by atoms with Gasteiger partial charge in [0.05, 0.1) is 25.9 Å². The number of carbonyl (C=O) groups is 1. The molecule has 44 heavy (non-hydrogen) atoms. The lowest BCUT2D eigenvalue weighted by molar-refractivity contribution is -0.245. The minimum absolute atomic E-state index is 0.0397. The van der Waals surface area contributed by atoms with E-state index in [0.717, 1.165) is 21.8 Å². The fourth-order valence-electron chi connectivity index (χ4n) is 4.66. The number of thioether (sulfide) groups is 1. The van der Waals surface area contributed by atoms with Crippen LogP contribution in [0.5, 0.6) is 5.75 Å². The molecule has 1 amide bonds. The fourth-order valence-corrected chi connectivity index (χ4v) is 5.71. The number of aliphatic hydroxyl groups excluding tert-OH is 1. The van der Waals surface area contributed by atoms with Crippen molar-refractivity contribution in [1.82, 2.24) is 0 Å². The molecular weight excluding hydrogens is 605 g/mol. The van der Waals surface area contributed by atoms with E-state index in [1.165, 1.54) is 12.1 Å². The topological polar surface area (TPSA) is 77.0 Å². The van der Waals surface area contributed by atoms with Crippen molar-refractivity contribution in [2.45, 2.75) is 36.4 Å². The number of halogens is 5. The molecule has 3 atom stereocenters. The largest absolute Gasteiger partial charge is 0.496 e. The van der Waals surface area contributed by atoms with Crippen LogP contribution in [0, 0.1) is 29.1 Å². The first kappa shape index (κ1) is 31.5. The number of ether oxygens (including phenoxy) is 3. The van der Waals surface area contributed by atoms with Crippen LogP contribution in [-0.2, 0) is 16.1 Å². The highest BCUT2D eigenvalue weighted by molar-refractivity contribution is 7.99. The Hall–Kier alpha value is -3.97. The van der Waals surface area contributed by atoms with Crippen molar-refractivity contribution in [3.05, 3.63) is 124 Å². The molecular formula is C32H26F5NO5S. The Morgan fingerprint density at radius 2 is 1.48 bits per heavy atom. The van der Waals surface area contributed by atoms with Gasteiger partial charge in [0.2, 0.25) is 5.82 Å². The molecule has 0 unspecified atom stereocenters. The van der Waals surface area contributed by atoms with Crippen molar-refractivity contribution in [2.75, 3.05) is 18.2 Å². The Morgan fingerprint density at radius 1 is 0.864 bits per heavy atom. The molecule has 1 aliphatic heterocycles. The van der Waals surface area contributed by atoms with Gasteiger partial charge in [-0.3, -0.25) is 4.79 Å². The van der Waals surface area contributed by atoms with Gasteiger partial charge in [-0.15, -0.1) is 11.8 Å². The lowest BCUT2D eigenvalue weighted by atomic mass is 10.0. The molecule has 2 N–H and O–H groups in total. The molecule has 12 heteroatoms. The van der Waals surface area contributed by atoms with Crippen molar-refractivity contribution >= 4 is 23.4 Å². The second-order valence-electron chi connectivity index (χ2n) is 9.83. The van der Waals surface area contributed by atoms with Crippen molar-refractivity contribution in [3.8, 4) is 5.75 Å². The van der Waals surface area contributed by atoms with Crippen molar-refractivity contribution < 1.29 is 46.1 Å². The van der Waals surface area contributed by atoms with Gasteiger partial charge in [-0.1, -0.05) is 48.5 Å². The van der Waals surface area contributed by atoms with Gasteiger partial charge in [0.25, 0.3) is 5.91 Å². The van der Waals surface area contributed by atoms with Gasteiger partial charge in [-0.05, 0) is 35.4 Å². The van der Waals surface area contributed by atoms with E-state index in [0.29, 0.717) is 17.7 Å². The normalized spacial score (nSPS) is 18.2. The summed E-state index contributed by atoms with van der Waals surface area (Å²) in [7, 11) is 1.60. The number of anilines is 1. The van der Waals surface area contributed by atoms with E-state index in [-0.39, 0.29) is 24.5 Å². The van der Waals surface area contributed by atoms with Crippen molar-refractivity contribution in [3.63, 3.8) is 0 Å². The first-order valence-electron chi connectivity index (χ1n) is 13.4. The van der Waals surface area contributed by atoms with E-state index in [4.69, 9.17) is 14.2 Å². The molecule has 1 heterocycles. The number of hydrogen-bond acceptors (Lipinski definition) is 6. The maximum atomic E-state index is 14.1. The van der Waals surface area contributed by atoms with Crippen LogP contribution in [0.15, 0.2) is 77.7 Å². The summed E-state index contributed by atoms with van der Waals surface area (Å²) in [5.74, 6) is -11.4. The predicted octanol–water partition coefficient (Wildman–Crippen LogP) is 7.47. The molecule has 0 aliphatic carbocycles. The lowest BCUT2D eigenvalue weighted by Crippen LogP contribution is -2.31. The molecule has 0 bridgehead atoms. The third kappa shape index (κ3) is 6.73. The predicted molar refractivity (Wildman–Crippen MR) is 153 cm³/mol.